The van der Waals surface area contributed by atoms with Crippen molar-refractivity contribution in [3.8, 4) is 5.82 Å². The molecule has 1 fully saturated rings. The van der Waals surface area contributed by atoms with Gasteiger partial charge in [0.15, 0.2) is 5.82 Å². The molecule has 1 saturated heterocycles. The minimum atomic E-state index is -0.0229. The van der Waals surface area contributed by atoms with Crippen LogP contribution in [-0.4, -0.2) is 50.3 Å². The summed E-state index contributed by atoms with van der Waals surface area (Å²) < 4.78 is 1.60. The zero-order chi connectivity index (χ0) is 19.9. The lowest BCUT2D eigenvalue weighted by Gasteiger charge is -2.32. The Morgan fingerprint density at radius 3 is 2.83 bits per heavy atom. The molecule has 0 saturated carbocycles. The summed E-state index contributed by atoms with van der Waals surface area (Å²) in [5, 5.41) is 7.22. The van der Waals surface area contributed by atoms with Gasteiger partial charge in [0.1, 0.15) is 24.8 Å². The van der Waals surface area contributed by atoms with Gasteiger partial charge >= 0.3 is 0 Å². The third-order valence-corrected chi connectivity index (χ3v) is 5.19. The summed E-state index contributed by atoms with van der Waals surface area (Å²) in [6, 6.07) is 12.2. The van der Waals surface area contributed by atoms with E-state index in [9.17, 15) is 4.79 Å². The Kier molecular flexibility index (Phi) is 6.09. The van der Waals surface area contributed by atoms with Crippen molar-refractivity contribution in [3.05, 3.63) is 60.9 Å². The van der Waals surface area contributed by atoms with Crippen LogP contribution in [-0.2, 0) is 11.2 Å². The van der Waals surface area contributed by atoms with Crippen molar-refractivity contribution in [1.82, 2.24) is 30.0 Å². The smallest absolute Gasteiger partial charge is 0.224 e. The normalized spacial score (nSPS) is 16.6. The van der Waals surface area contributed by atoms with Crippen LogP contribution in [0.5, 0.6) is 0 Å². The fourth-order valence-electron chi connectivity index (χ4n) is 3.65. The molecular formula is C21H25N7O. The van der Waals surface area contributed by atoms with Crippen LogP contribution < -0.4 is 10.2 Å². The zero-order valence-electron chi connectivity index (χ0n) is 16.3. The topological polar surface area (TPSA) is 88.8 Å². The predicted octanol–water partition coefficient (Wildman–Crippen LogP) is 2.02. The summed E-state index contributed by atoms with van der Waals surface area (Å²) in [4.78, 5) is 27.4. The monoisotopic (exact) mass is 391 g/mol. The first-order chi connectivity index (χ1) is 14.3. The van der Waals surface area contributed by atoms with E-state index in [0.717, 1.165) is 38.0 Å². The lowest BCUT2D eigenvalue weighted by Crippen LogP contribution is -2.43. The number of carbonyl (C=O) groups is 1. The summed E-state index contributed by atoms with van der Waals surface area (Å²) in [6.07, 6.45) is 8.39. The van der Waals surface area contributed by atoms with E-state index in [1.165, 1.54) is 18.2 Å². The molecule has 3 aromatic rings. The van der Waals surface area contributed by atoms with Crippen molar-refractivity contribution in [2.24, 2.45) is 5.92 Å². The van der Waals surface area contributed by atoms with E-state index in [2.05, 4.69) is 42.4 Å². The highest BCUT2D eigenvalue weighted by Crippen LogP contribution is 2.22. The number of piperidine rings is 1. The average molecular weight is 391 g/mol. The summed E-state index contributed by atoms with van der Waals surface area (Å²) in [7, 11) is 0. The van der Waals surface area contributed by atoms with Gasteiger partial charge in [-0.15, -0.1) is 0 Å². The number of amides is 1. The van der Waals surface area contributed by atoms with Gasteiger partial charge in [-0.1, -0.05) is 30.3 Å². The highest BCUT2D eigenvalue weighted by atomic mass is 16.1. The molecule has 0 radical (unpaired) electrons. The minimum absolute atomic E-state index is 0.0229. The third kappa shape index (κ3) is 4.96. The number of aromatic nitrogens is 5. The minimum Gasteiger partial charge on any atom is -0.356 e. The Morgan fingerprint density at radius 2 is 2.00 bits per heavy atom. The Labute approximate surface area is 170 Å². The maximum absolute atomic E-state index is 12.6. The number of aryl methyl sites for hydroxylation is 1. The summed E-state index contributed by atoms with van der Waals surface area (Å²) in [6.45, 7) is 2.25. The van der Waals surface area contributed by atoms with Crippen LogP contribution in [0.25, 0.3) is 5.82 Å². The van der Waals surface area contributed by atoms with Crippen LogP contribution in [0.1, 0.15) is 24.8 Å². The molecule has 150 valence electrons. The molecule has 1 aromatic carbocycles. The fourth-order valence-corrected chi connectivity index (χ4v) is 3.65. The summed E-state index contributed by atoms with van der Waals surface area (Å²) in [5.41, 5.74) is 1.30. The number of benzene rings is 1. The number of nitrogens with zero attached hydrogens (tertiary/aromatic N) is 6. The molecular weight excluding hydrogens is 366 g/mol. The Bertz CT molecular complexity index is 914. The fraction of sp³-hybridized carbons (Fsp3) is 0.381. The van der Waals surface area contributed by atoms with Crippen LogP contribution in [0.4, 0.5) is 5.82 Å². The van der Waals surface area contributed by atoms with E-state index in [1.54, 1.807) is 11.0 Å². The van der Waals surface area contributed by atoms with Gasteiger partial charge in [-0.3, -0.25) is 4.79 Å². The Balaban J connectivity index is 1.30. The number of hydrogen-bond donors (Lipinski definition) is 1. The molecule has 4 rings (SSSR count). The molecule has 3 heterocycles. The molecule has 29 heavy (non-hydrogen) atoms. The molecule has 0 aliphatic carbocycles. The van der Waals surface area contributed by atoms with E-state index in [0.29, 0.717) is 18.9 Å². The third-order valence-electron chi connectivity index (χ3n) is 5.19. The van der Waals surface area contributed by atoms with Crippen molar-refractivity contribution < 1.29 is 4.79 Å². The van der Waals surface area contributed by atoms with Gasteiger partial charge < -0.3 is 10.2 Å². The highest BCUT2D eigenvalue weighted by molar-refractivity contribution is 5.79. The quantitative estimate of drug-likeness (QED) is 0.620. The molecule has 1 amide bonds. The van der Waals surface area contributed by atoms with Crippen molar-refractivity contribution in [2.75, 3.05) is 24.5 Å². The average Bonchev–Trinajstić information content (AvgIpc) is 3.33. The van der Waals surface area contributed by atoms with Crippen LogP contribution in [0.2, 0.25) is 0 Å². The zero-order valence-corrected chi connectivity index (χ0v) is 16.3. The first-order valence-electron chi connectivity index (χ1n) is 10.0. The molecule has 8 nitrogen and oxygen atoms in total. The van der Waals surface area contributed by atoms with Crippen molar-refractivity contribution in [3.63, 3.8) is 0 Å². The van der Waals surface area contributed by atoms with E-state index in [-0.39, 0.29) is 11.8 Å². The van der Waals surface area contributed by atoms with Gasteiger partial charge in [-0.2, -0.15) is 5.10 Å². The van der Waals surface area contributed by atoms with E-state index in [1.807, 2.05) is 24.3 Å². The van der Waals surface area contributed by atoms with E-state index in [4.69, 9.17) is 0 Å². The first-order valence-corrected chi connectivity index (χ1v) is 10.0. The van der Waals surface area contributed by atoms with E-state index >= 15 is 0 Å². The first kappa shape index (κ1) is 19.0. The Morgan fingerprint density at radius 1 is 1.14 bits per heavy atom. The summed E-state index contributed by atoms with van der Waals surface area (Å²) in [5.74, 6) is 1.59. The lowest BCUT2D eigenvalue weighted by molar-refractivity contribution is -0.125. The van der Waals surface area contributed by atoms with E-state index < -0.39 is 0 Å². The number of anilines is 1. The van der Waals surface area contributed by atoms with Crippen LogP contribution in [0.15, 0.2) is 55.4 Å². The van der Waals surface area contributed by atoms with Gasteiger partial charge in [-0.25, -0.2) is 19.6 Å². The number of nitrogens with one attached hydrogen (secondary N) is 1. The Hall–Kier alpha value is -3.29. The molecule has 0 spiro atoms. The second-order valence-electron chi connectivity index (χ2n) is 7.24. The number of rotatable bonds is 7. The van der Waals surface area contributed by atoms with Crippen LogP contribution in [0.3, 0.4) is 0 Å². The number of hydrogen-bond acceptors (Lipinski definition) is 6. The molecule has 1 unspecified atom stereocenters. The molecule has 1 atom stereocenters. The van der Waals surface area contributed by atoms with Gasteiger partial charge in [0, 0.05) is 25.7 Å². The van der Waals surface area contributed by atoms with Gasteiger partial charge in [-0.05, 0) is 31.2 Å². The van der Waals surface area contributed by atoms with Crippen LogP contribution in [0, 0.1) is 5.92 Å². The van der Waals surface area contributed by atoms with Gasteiger partial charge in [0.25, 0.3) is 0 Å². The second-order valence-corrected chi connectivity index (χ2v) is 7.24. The highest BCUT2D eigenvalue weighted by Gasteiger charge is 2.26. The van der Waals surface area contributed by atoms with Crippen molar-refractivity contribution in [1.29, 1.82) is 0 Å². The molecule has 1 aliphatic heterocycles. The molecule has 1 aliphatic rings. The maximum atomic E-state index is 12.6. The van der Waals surface area contributed by atoms with Crippen LogP contribution >= 0.6 is 0 Å². The maximum Gasteiger partial charge on any atom is 0.224 e. The lowest BCUT2D eigenvalue weighted by atomic mass is 9.97. The summed E-state index contributed by atoms with van der Waals surface area (Å²) >= 11 is 0. The van der Waals surface area contributed by atoms with Crippen molar-refractivity contribution >= 4 is 11.7 Å². The second kappa shape index (κ2) is 9.27. The largest absolute Gasteiger partial charge is 0.356 e. The molecule has 0 bridgehead atoms. The molecule has 2 aromatic heterocycles. The standard InChI is InChI=1S/C21H25N7O/c29-21(23-10-4-8-17-6-2-1-3-7-17)18-9-5-11-27(13-18)19-12-20(25-15-24-19)28-16-22-14-26-28/h1-3,6-7,12,14-16,18H,4-5,8-11,13H2,(H,23,29). The number of carbonyl (C=O) groups excluding carboxylic acids is 1. The molecule has 8 heteroatoms. The van der Waals surface area contributed by atoms with Crippen molar-refractivity contribution in [2.45, 2.75) is 25.7 Å². The molecule has 1 N–H and O–H groups in total. The van der Waals surface area contributed by atoms with Gasteiger partial charge in [0.2, 0.25) is 5.91 Å². The predicted molar refractivity (Wildman–Crippen MR) is 110 cm³/mol. The van der Waals surface area contributed by atoms with Gasteiger partial charge in [0.05, 0.1) is 5.92 Å². The SMILES string of the molecule is O=C(NCCCc1ccccc1)C1CCCN(c2cc(-n3cncn3)ncn2)C1.